The Kier molecular flexibility index (Phi) is 5.90. The number of esters is 1. The summed E-state index contributed by atoms with van der Waals surface area (Å²) in [5, 5.41) is 0.920. The van der Waals surface area contributed by atoms with Crippen LogP contribution in [0.15, 0.2) is 34.7 Å². The highest BCUT2D eigenvalue weighted by molar-refractivity contribution is 5.96. The molecule has 1 atom stereocenters. The molecule has 2 aliphatic rings. The van der Waals surface area contributed by atoms with Crippen LogP contribution in [0.5, 0.6) is 0 Å². The third-order valence-electron chi connectivity index (χ3n) is 6.24. The lowest BCUT2D eigenvalue weighted by atomic mass is 9.73. The average molecular weight is 399 g/mol. The molecule has 2 aliphatic heterocycles. The van der Waals surface area contributed by atoms with E-state index in [9.17, 15) is 9.59 Å². The van der Waals surface area contributed by atoms with Gasteiger partial charge in [-0.2, -0.15) is 0 Å². The first-order chi connectivity index (χ1) is 14.1. The Balaban J connectivity index is 1.46. The molecule has 0 spiro atoms. The first kappa shape index (κ1) is 20.0. The molecule has 3 heterocycles. The minimum absolute atomic E-state index is 0.103. The SMILES string of the molecule is CCOC(=O)C1(C[C@H]2CCCCO2)CCN(C(=O)c2cc3ccccc3o2)CC1. The fourth-order valence-corrected chi connectivity index (χ4v) is 4.56. The number of nitrogens with zero attached hydrogens (tertiary/aromatic N) is 1. The quantitative estimate of drug-likeness (QED) is 0.706. The second-order valence-corrected chi connectivity index (χ2v) is 8.13. The summed E-state index contributed by atoms with van der Waals surface area (Å²) in [5.74, 6) is 0.0861. The lowest BCUT2D eigenvalue weighted by Crippen LogP contribution is -2.48. The van der Waals surface area contributed by atoms with Crippen LogP contribution in [0.4, 0.5) is 0 Å². The van der Waals surface area contributed by atoms with E-state index in [0.29, 0.717) is 50.3 Å². The topological polar surface area (TPSA) is 69.0 Å². The molecule has 1 aromatic heterocycles. The van der Waals surface area contributed by atoms with Crippen molar-refractivity contribution in [2.45, 2.75) is 51.6 Å². The summed E-state index contributed by atoms with van der Waals surface area (Å²) in [6.07, 6.45) is 5.19. The third kappa shape index (κ3) is 4.17. The number of para-hydroxylation sites is 1. The van der Waals surface area contributed by atoms with Gasteiger partial charge in [0.05, 0.1) is 18.1 Å². The second kappa shape index (κ2) is 8.57. The van der Waals surface area contributed by atoms with Gasteiger partial charge in [-0.1, -0.05) is 18.2 Å². The van der Waals surface area contributed by atoms with E-state index in [1.807, 2.05) is 31.2 Å². The van der Waals surface area contributed by atoms with Crippen molar-refractivity contribution in [1.82, 2.24) is 4.90 Å². The van der Waals surface area contributed by atoms with Crippen LogP contribution in [0.25, 0.3) is 11.0 Å². The number of hydrogen-bond donors (Lipinski definition) is 0. The first-order valence-corrected chi connectivity index (χ1v) is 10.7. The fraction of sp³-hybridized carbons (Fsp3) is 0.565. The van der Waals surface area contributed by atoms with Gasteiger partial charge in [-0.15, -0.1) is 0 Å². The zero-order chi connectivity index (χ0) is 20.3. The number of ether oxygens (including phenoxy) is 2. The molecule has 2 saturated heterocycles. The van der Waals surface area contributed by atoms with Crippen LogP contribution in [-0.4, -0.2) is 49.2 Å². The number of likely N-dealkylation sites (tertiary alicyclic amines) is 1. The summed E-state index contributed by atoms with van der Waals surface area (Å²) in [5.41, 5.74) is 0.144. The molecule has 156 valence electrons. The van der Waals surface area contributed by atoms with Crippen molar-refractivity contribution in [3.05, 3.63) is 36.1 Å². The first-order valence-electron chi connectivity index (χ1n) is 10.7. The Hall–Kier alpha value is -2.34. The number of fused-ring (bicyclic) bond motifs is 1. The van der Waals surface area contributed by atoms with E-state index >= 15 is 0 Å². The molecule has 1 aromatic carbocycles. The maximum atomic E-state index is 13.0. The Morgan fingerprint density at radius 3 is 2.69 bits per heavy atom. The maximum Gasteiger partial charge on any atom is 0.312 e. The Bertz CT molecular complexity index is 826. The molecule has 0 bridgehead atoms. The third-order valence-corrected chi connectivity index (χ3v) is 6.24. The van der Waals surface area contributed by atoms with Gasteiger partial charge in [0.25, 0.3) is 5.91 Å². The van der Waals surface area contributed by atoms with Crippen molar-refractivity contribution < 1.29 is 23.5 Å². The number of piperidine rings is 1. The van der Waals surface area contributed by atoms with Crippen molar-refractivity contribution in [1.29, 1.82) is 0 Å². The summed E-state index contributed by atoms with van der Waals surface area (Å²) >= 11 is 0. The Labute approximate surface area is 171 Å². The predicted molar refractivity (Wildman–Crippen MR) is 109 cm³/mol. The van der Waals surface area contributed by atoms with Gasteiger partial charge in [0.2, 0.25) is 0 Å². The van der Waals surface area contributed by atoms with Gasteiger partial charge in [0.15, 0.2) is 5.76 Å². The van der Waals surface area contributed by atoms with Gasteiger partial charge in [0, 0.05) is 25.1 Å². The van der Waals surface area contributed by atoms with E-state index in [0.717, 1.165) is 31.3 Å². The van der Waals surface area contributed by atoms with Gasteiger partial charge in [0.1, 0.15) is 5.58 Å². The van der Waals surface area contributed by atoms with Gasteiger partial charge in [-0.05, 0) is 57.6 Å². The van der Waals surface area contributed by atoms with E-state index in [-0.39, 0.29) is 18.0 Å². The van der Waals surface area contributed by atoms with Gasteiger partial charge in [-0.3, -0.25) is 9.59 Å². The molecule has 29 heavy (non-hydrogen) atoms. The number of rotatable bonds is 5. The molecule has 2 aromatic rings. The molecule has 0 N–H and O–H groups in total. The van der Waals surface area contributed by atoms with Crippen LogP contribution in [0.2, 0.25) is 0 Å². The summed E-state index contributed by atoms with van der Waals surface area (Å²) in [6.45, 7) is 4.00. The second-order valence-electron chi connectivity index (χ2n) is 8.13. The van der Waals surface area contributed by atoms with Crippen molar-refractivity contribution in [3.63, 3.8) is 0 Å². The monoisotopic (exact) mass is 399 g/mol. The molecule has 2 fully saturated rings. The predicted octanol–water partition coefficient (Wildman–Crippen LogP) is 4.18. The molecule has 6 heteroatoms. The molecule has 4 rings (SSSR count). The molecule has 6 nitrogen and oxygen atoms in total. The normalized spacial score (nSPS) is 21.8. The minimum atomic E-state index is -0.567. The van der Waals surface area contributed by atoms with Crippen molar-refractivity contribution in [2.24, 2.45) is 5.41 Å². The van der Waals surface area contributed by atoms with E-state index in [1.165, 1.54) is 0 Å². The van der Waals surface area contributed by atoms with E-state index in [1.54, 1.807) is 11.0 Å². The summed E-state index contributed by atoms with van der Waals surface area (Å²) in [6, 6.07) is 9.40. The summed E-state index contributed by atoms with van der Waals surface area (Å²) in [7, 11) is 0. The highest BCUT2D eigenvalue weighted by Crippen LogP contribution is 2.40. The number of amides is 1. The van der Waals surface area contributed by atoms with Crippen molar-refractivity contribution in [3.8, 4) is 0 Å². The number of furan rings is 1. The van der Waals surface area contributed by atoms with Gasteiger partial charge < -0.3 is 18.8 Å². The van der Waals surface area contributed by atoms with Crippen LogP contribution in [0.3, 0.4) is 0 Å². The van der Waals surface area contributed by atoms with Crippen molar-refractivity contribution in [2.75, 3.05) is 26.3 Å². The molecule has 0 saturated carbocycles. The number of benzene rings is 1. The van der Waals surface area contributed by atoms with E-state index in [2.05, 4.69) is 0 Å². The van der Waals surface area contributed by atoms with Crippen LogP contribution in [0.1, 0.15) is 56.0 Å². The fourth-order valence-electron chi connectivity index (χ4n) is 4.56. The molecular weight excluding hydrogens is 370 g/mol. The highest BCUT2D eigenvalue weighted by atomic mass is 16.5. The van der Waals surface area contributed by atoms with Crippen LogP contribution in [0, 0.1) is 5.41 Å². The van der Waals surface area contributed by atoms with Crippen molar-refractivity contribution >= 4 is 22.8 Å². The van der Waals surface area contributed by atoms with Gasteiger partial charge in [-0.25, -0.2) is 0 Å². The zero-order valence-corrected chi connectivity index (χ0v) is 17.0. The largest absolute Gasteiger partial charge is 0.466 e. The van der Waals surface area contributed by atoms with E-state index < -0.39 is 5.41 Å². The lowest BCUT2D eigenvalue weighted by molar-refractivity contribution is -0.162. The number of hydrogen-bond acceptors (Lipinski definition) is 5. The summed E-state index contributed by atoms with van der Waals surface area (Å²) < 4.78 is 17.1. The highest BCUT2D eigenvalue weighted by Gasteiger charge is 2.45. The smallest absolute Gasteiger partial charge is 0.312 e. The van der Waals surface area contributed by atoms with Crippen LogP contribution in [-0.2, 0) is 14.3 Å². The molecule has 1 amide bonds. The minimum Gasteiger partial charge on any atom is -0.466 e. The molecule has 0 radical (unpaired) electrons. The number of carbonyl (C=O) groups is 2. The Morgan fingerprint density at radius 1 is 1.21 bits per heavy atom. The molecule has 0 unspecified atom stereocenters. The van der Waals surface area contributed by atoms with Gasteiger partial charge >= 0.3 is 5.97 Å². The summed E-state index contributed by atoms with van der Waals surface area (Å²) in [4.78, 5) is 27.6. The Morgan fingerprint density at radius 2 is 2.00 bits per heavy atom. The average Bonchev–Trinajstić information content (AvgIpc) is 3.19. The maximum absolute atomic E-state index is 13.0. The zero-order valence-electron chi connectivity index (χ0n) is 17.0. The van der Waals surface area contributed by atoms with Crippen LogP contribution >= 0.6 is 0 Å². The van der Waals surface area contributed by atoms with Crippen LogP contribution < -0.4 is 0 Å². The standard InChI is InChI=1S/C23H29NO5/c1-2-27-22(26)23(16-18-8-5-6-14-28-18)10-12-24(13-11-23)21(25)20-15-17-7-3-4-9-19(17)29-20/h3-4,7,9,15,18H,2,5-6,8,10-14,16H2,1H3/t18-/m1/s1. The molecule has 0 aliphatic carbocycles. The van der Waals surface area contributed by atoms with E-state index in [4.69, 9.17) is 13.9 Å². The lowest BCUT2D eigenvalue weighted by Gasteiger charge is -2.41. The number of carbonyl (C=O) groups excluding carboxylic acids is 2. The molecular formula is C23H29NO5.